The van der Waals surface area contributed by atoms with Gasteiger partial charge in [0.1, 0.15) is 0 Å². The van der Waals surface area contributed by atoms with Crippen molar-refractivity contribution < 1.29 is 9.53 Å². The Kier molecular flexibility index (Phi) is 3.74. The van der Waals surface area contributed by atoms with Crippen molar-refractivity contribution in [2.24, 2.45) is 11.7 Å². The summed E-state index contributed by atoms with van der Waals surface area (Å²) in [7, 11) is 0. The number of carbonyl (C=O) groups is 1. The van der Waals surface area contributed by atoms with Crippen LogP contribution in [0.15, 0.2) is 0 Å². The molecule has 3 rings (SSSR count). The molecule has 0 aromatic carbocycles. The molecule has 2 aliphatic rings. The van der Waals surface area contributed by atoms with Crippen LogP contribution in [-0.2, 0) is 16.0 Å². The summed E-state index contributed by atoms with van der Waals surface area (Å²) in [5, 5.41) is 8.54. The molecule has 1 amide bonds. The number of aromatic nitrogens is 3. The van der Waals surface area contributed by atoms with Gasteiger partial charge in [-0.15, -0.1) is 5.10 Å². The molecule has 6 nitrogen and oxygen atoms in total. The first-order valence-electron chi connectivity index (χ1n) is 7.47. The summed E-state index contributed by atoms with van der Waals surface area (Å²) in [6, 6.07) is 0.341. The molecular formula is C14H22N4O2. The van der Waals surface area contributed by atoms with E-state index in [2.05, 4.69) is 17.2 Å². The van der Waals surface area contributed by atoms with Crippen LogP contribution in [0.2, 0.25) is 0 Å². The molecule has 2 atom stereocenters. The molecule has 1 aliphatic carbocycles. The van der Waals surface area contributed by atoms with Crippen molar-refractivity contribution in [1.82, 2.24) is 15.0 Å². The smallest absolute Gasteiger partial charge is 0.223 e. The average molecular weight is 278 g/mol. The highest BCUT2D eigenvalue weighted by atomic mass is 16.5. The second kappa shape index (κ2) is 5.52. The fourth-order valence-electron chi connectivity index (χ4n) is 3.22. The second-order valence-corrected chi connectivity index (χ2v) is 6.00. The number of primary amides is 1. The molecule has 1 saturated carbocycles. The molecule has 0 radical (unpaired) electrons. The maximum atomic E-state index is 11.2. The van der Waals surface area contributed by atoms with Crippen molar-refractivity contribution in [3.8, 4) is 0 Å². The Hall–Kier alpha value is -1.43. The van der Waals surface area contributed by atoms with Crippen LogP contribution in [0.3, 0.4) is 0 Å². The average Bonchev–Trinajstić information content (AvgIpc) is 2.93. The van der Waals surface area contributed by atoms with Gasteiger partial charge in [0.15, 0.2) is 0 Å². The van der Waals surface area contributed by atoms with Crippen LogP contribution >= 0.6 is 0 Å². The largest absolute Gasteiger partial charge is 0.381 e. The zero-order valence-electron chi connectivity index (χ0n) is 11.9. The number of rotatable bonds is 5. The topological polar surface area (TPSA) is 83.0 Å². The minimum absolute atomic E-state index is 0.170. The van der Waals surface area contributed by atoms with E-state index >= 15 is 0 Å². The Morgan fingerprint density at radius 2 is 2.30 bits per heavy atom. The number of nitrogens with zero attached hydrogens (tertiary/aromatic N) is 3. The first-order valence-corrected chi connectivity index (χ1v) is 7.47. The van der Waals surface area contributed by atoms with Crippen LogP contribution in [0.4, 0.5) is 0 Å². The SMILES string of the molecule is CC(C1CCC1)n1nnc(CC(N)=O)c1C1CCOC1. The minimum Gasteiger partial charge on any atom is -0.381 e. The van der Waals surface area contributed by atoms with Gasteiger partial charge in [0.25, 0.3) is 0 Å². The van der Waals surface area contributed by atoms with Gasteiger partial charge in [-0.1, -0.05) is 11.6 Å². The van der Waals surface area contributed by atoms with Gasteiger partial charge in [-0.3, -0.25) is 4.79 Å². The molecule has 2 fully saturated rings. The van der Waals surface area contributed by atoms with E-state index in [1.165, 1.54) is 19.3 Å². The Bertz CT molecular complexity index is 489. The quantitative estimate of drug-likeness (QED) is 0.876. The molecule has 2 N–H and O–H groups in total. The third-order valence-corrected chi connectivity index (χ3v) is 4.68. The van der Waals surface area contributed by atoms with Crippen molar-refractivity contribution in [1.29, 1.82) is 0 Å². The molecule has 1 saturated heterocycles. The molecule has 0 spiro atoms. The van der Waals surface area contributed by atoms with E-state index < -0.39 is 0 Å². The standard InChI is InChI=1S/C14H22N4O2/c1-9(10-3-2-4-10)18-14(11-5-6-20-8-11)12(16-17-18)7-13(15)19/h9-11H,2-8H2,1H3,(H2,15,19). The maximum absolute atomic E-state index is 11.2. The predicted octanol–water partition coefficient (Wildman–Crippen LogP) is 1.17. The monoisotopic (exact) mass is 278 g/mol. The summed E-state index contributed by atoms with van der Waals surface area (Å²) in [5.74, 6) is 0.620. The zero-order chi connectivity index (χ0) is 14.1. The number of carbonyl (C=O) groups excluding carboxylic acids is 1. The lowest BCUT2D eigenvalue weighted by atomic mass is 9.80. The van der Waals surface area contributed by atoms with Gasteiger partial charge in [0, 0.05) is 12.5 Å². The van der Waals surface area contributed by atoms with Crippen LogP contribution < -0.4 is 5.73 Å². The van der Waals surface area contributed by atoms with Crippen LogP contribution in [0.25, 0.3) is 0 Å². The van der Waals surface area contributed by atoms with E-state index in [1.54, 1.807) is 0 Å². The lowest BCUT2D eigenvalue weighted by Crippen LogP contribution is -2.26. The molecule has 0 bridgehead atoms. The zero-order valence-corrected chi connectivity index (χ0v) is 11.9. The van der Waals surface area contributed by atoms with E-state index in [9.17, 15) is 4.79 Å². The lowest BCUT2D eigenvalue weighted by molar-refractivity contribution is -0.117. The van der Waals surface area contributed by atoms with Crippen molar-refractivity contribution >= 4 is 5.91 Å². The molecule has 1 aromatic heterocycles. The van der Waals surface area contributed by atoms with Crippen molar-refractivity contribution in [2.75, 3.05) is 13.2 Å². The van der Waals surface area contributed by atoms with Gasteiger partial charge in [-0.05, 0) is 32.1 Å². The van der Waals surface area contributed by atoms with Gasteiger partial charge < -0.3 is 10.5 Å². The summed E-state index contributed by atoms with van der Waals surface area (Å²) < 4.78 is 7.52. The molecule has 2 heterocycles. The van der Waals surface area contributed by atoms with Gasteiger partial charge in [-0.2, -0.15) is 0 Å². The van der Waals surface area contributed by atoms with Crippen LogP contribution in [0.5, 0.6) is 0 Å². The number of hydrogen-bond acceptors (Lipinski definition) is 4. The van der Waals surface area contributed by atoms with Crippen LogP contribution in [0, 0.1) is 5.92 Å². The van der Waals surface area contributed by atoms with Gasteiger partial charge in [-0.25, -0.2) is 4.68 Å². The van der Waals surface area contributed by atoms with E-state index in [4.69, 9.17) is 10.5 Å². The number of nitrogens with two attached hydrogens (primary N) is 1. The first kappa shape index (κ1) is 13.5. The fourth-order valence-corrected chi connectivity index (χ4v) is 3.22. The lowest BCUT2D eigenvalue weighted by Gasteiger charge is -2.32. The van der Waals surface area contributed by atoms with Gasteiger partial charge in [0.05, 0.1) is 30.5 Å². The highest BCUT2D eigenvalue weighted by Crippen LogP contribution is 2.38. The van der Waals surface area contributed by atoms with Crippen molar-refractivity contribution in [3.63, 3.8) is 0 Å². The Morgan fingerprint density at radius 3 is 2.85 bits per heavy atom. The Labute approximate surface area is 118 Å². The van der Waals surface area contributed by atoms with E-state index in [0.717, 1.165) is 24.4 Å². The fraction of sp³-hybridized carbons (Fsp3) is 0.786. The summed E-state index contributed by atoms with van der Waals surface area (Å²) in [6.45, 7) is 3.66. The van der Waals surface area contributed by atoms with Gasteiger partial charge in [0.2, 0.25) is 5.91 Å². The number of ether oxygens (including phenoxy) is 1. The Balaban J connectivity index is 1.91. The summed E-state index contributed by atoms with van der Waals surface area (Å²) in [4.78, 5) is 11.2. The summed E-state index contributed by atoms with van der Waals surface area (Å²) in [5.41, 5.74) is 7.13. The number of hydrogen-bond donors (Lipinski definition) is 1. The maximum Gasteiger partial charge on any atom is 0.223 e. The minimum atomic E-state index is -0.353. The highest BCUT2D eigenvalue weighted by Gasteiger charge is 2.32. The predicted molar refractivity (Wildman–Crippen MR) is 73.1 cm³/mol. The number of amides is 1. The molecule has 20 heavy (non-hydrogen) atoms. The van der Waals surface area contributed by atoms with Gasteiger partial charge >= 0.3 is 0 Å². The molecule has 2 unspecified atom stereocenters. The third kappa shape index (κ3) is 2.44. The molecule has 110 valence electrons. The van der Waals surface area contributed by atoms with Crippen molar-refractivity contribution in [3.05, 3.63) is 11.4 Å². The van der Waals surface area contributed by atoms with E-state index in [1.807, 2.05) is 4.68 Å². The van der Waals surface area contributed by atoms with Crippen LogP contribution in [0.1, 0.15) is 56.0 Å². The first-order chi connectivity index (χ1) is 9.66. The summed E-state index contributed by atoms with van der Waals surface area (Å²) >= 11 is 0. The molecular weight excluding hydrogens is 256 g/mol. The summed E-state index contributed by atoms with van der Waals surface area (Å²) in [6.07, 6.45) is 4.96. The molecule has 1 aromatic rings. The Morgan fingerprint density at radius 1 is 1.50 bits per heavy atom. The third-order valence-electron chi connectivity index (χ3n) is 4.68. The molecule has 1 aliphatic heterocycles. The van der Waals surface area contributed by atoms with E-state index in [0.29, 0.717) is 24.5 Å². The molecule has 6 heteroatoms. The highest BCUT2D eigenvalue weighted by molar-refractivity contribution is 5.76. The normalized spacial score (nSPS) is 24.6. The van der Waals surface area contributed by atoms with E-state index in [-0.39, 0.29) is 12.3 Å². The van der Waals surface area contributed by atoms with Crippen molar-refractivity contribution in [2.45, 2.75) is 51.0 Å². The second-order valence-electron chi connectivity index (χ2n) is 6.00. The van der Waals surface area contributed by atoms with Crippen LogP contribution in [-0.4, -0.2) is 34.1 Å².